The summed E-state index contributed by atoms with van der Waals surface area (Å²) in [6.07, 6.45) is 10.5. The van der Waals surface area contributed by atoms with Gasteiger partial charge in [-0.2, -0.15) is 0 Å². The Labute approximate surface area is 203 Å². The lowest BCUT2D eigenvalue weighted by atomic mass is 9.82. The molecule has 0 unspecified atom stereocenters. The topological polar surface area (TPSA) is 98.3 Å². The first kappa shape index (κ1) is 21.5. The first-order valence-corrected chi connectivity index (χ1v) is 12.4. The highest BCUT2D eigenvalue weighted by Gasteiger charge is 2.47. The fourth-order valence-corrected chi connectivity index (χ4v) is 6.08. The molecule has 3 N–H and O–H groups in total. The minimum atomic E-state index is -0.266. The van der Waals surface area contributed by atoms with Crippen LogP contribution >= 0.6 is 11.6 Å². The van der Waals surface area contributed by atoms with Gasteiger partial charge in [0, 0.05) is 30.0 Å². The fourth-order valence-electron chi connectivity index (χ4n) is 5.84. The number of anilines is 3. The van der Waals surface area contributed by atoms with Crippen LogP contribution in [-0.2, 0) is 4.74 Å². The van der Waals surface area contributed by atoms with Gasteiger partial charge >= 0.3 is 6.09 Å². The Balaban J connectivity index is 1.23. The lowest BCUT2D eigenvalue weighted by Crippen LogP contribution is -2.50. The molecule has 2 saturated heterocycles. The molecule has 3 aliphatic rings. The van der Waals surface area contributed by atoms with E-state index in [0.29, 0.717) is 16.5 Å². The summed E-state index contributed by atoms with van der Waals surface area (Å²) >= 11 is 6.36. The fraction of sp³-hybridized carbons (Fsp3) is 0.480. The molecule has 2 bridgehead atoms. The number of ether oxygens (including phenoxy) is 1. The van der Waals surface area contributed by atoms with Crippen LogP contribution in [0.25, 0.3) is 11.0 Å². The smallest absolute Gasteiger partial charge is 0.410 e. The van der Waals surface area contributed by atoms with Crippen molar-refractivity contribution in [3.63, 3.8) is 0 Å². The van der Waals surface area contributed by atoms with Crippen LogP contribution in [0.1, 0.15) is 57.9 Å². The number of hydrogen-bond donors (Lipinski definition) is 2. The molecule has 1 aliphatic carbocycles. The number of hydrogen-bond acceptors (Lipinski definition) is 6. The Hall–Kier alpha value is -3.00. The molecule has 1 amide bonds. The van der Waals surface area contributed by atoms with Crippen molar-refractivity contribution >= 4 is 45.9 Å². The molecule has 0 radical (unpaired) electrons. The SMILES string of the molecule is CC1(OC(=O)N2[C@H]3CC[C@H]2CC(n2ccc4c(Nc5ccc(N)cc5Cl)ncnc42)C3)CCC1. The van der Waals surface area contributed by atoms with Crippen LogP contribution in [-0.4, -0.2) is 43.2 Å². The summed E-state index contributed by atoms with van der Waals surface area (Å²) in [6, 6.07) is 8.12. The zero-order valence-corrected chi connectivity index (χ0v) is 20.0. The van der Waals surface area contributed by atoms with Crippen molar-refractivity contribution in [3.05, 3.63) is 41.8 Å². The normalized spacial score (nSPS) is 25.2. The highest BCUT2D eigenvalue weighted by molar-refractivity contribution is 6.33. The van der Waals surface area contributed by atoms with E-state index in [1.807, 2.05) is 17.0 Å². The summed E-state index contributed by atoms with van der Waals surface area (Å²) in [5.41, 5.74) is 7.79. The zero-order valence-electron chi connectivity index (χ0n) is 19.2. The van der Waals surface area contributed by atoms with Gasteiger partial charge < -0.3 is 25.3 Å². The number of rotatable bonds is 4. The number of nitrogens with one attached hydrogen (secondary N) is 1. The Kier molecular flexibility index (Phi) is 5.09. The maximum Gasteiger partial charge on any atom is 0.410 e. The molecule has 2 atom stereocenters. The summed E-state index contributed by atoms with van der Waals surface area (Å²) < 4.78 is 8.16. The third-order valence-electron chi connectivity index (χ3n) is 7.81. The second-order valence-corrected chi connectivity index (χ2v) is 10.5. The Morgan fingerprint density at radius 3 is 2.62 bits per heavy atom. The number of aromatic nitrogens is 3. The quantitative estimate of drug-likeness (QED) is 0.467. The van der Waals surface area contributed by atoms with Gasteiger partial charge in [0.1, 0.15) is 23.4 Å². The number of fused-ring (bicyclic) bond motifs is 3. The number of piperidine rings is 1. The second-order valence-electron chi connectivity index (χ2n) is 10.1. The lowest BCUT2D eigenvalue weighted by Gasteiger charge is -2.43. The lowest BCUT2D eigenvalue weighted by molar-refractivity contribution is -0.0577. The van der Waals surface area contributed by atoms with Gasteiger partial charge in [0.25, 0.3) is 0 Å². The molecular weight excluding hydrogens is 452 g/mol. The Morgan fingerprint density at radius 2 is 1.94 bits per heavy atom. The van der Waals surface area contributed by atoms with E-state index in [1.165, 1.54) is 0 Å². The number of carbonyl (C=O) groups excluding carboxylic acids is 1. The van der Waals surface area contributed by atoms with Crippen LogP contribution in [0, 0.1) is 0 Å². The number of carbonyl (C=O) groups is 1. The number of nitrogens with zero attached hydrogens (tertiary/aromatic N) is 4. The summed E-state index contributed by atoms with van der Waals surface area (Å²) in [6.45, 7) is 2.05. The first-order chi connectivity index (χ1) is 16.4. The molecule has 6 rings (SSSR count). The molecule has 9 heteroatoms. The number of nitrogens with two attached hydrogens (primary N) is 1. The first-order valence-electron chi connectivity index (χ1n) is 12.1. The van der Waals surface area contributed by atoms with Gasteiger partial charge in [-0.25, -0.2) is 14.8 Å². The standard InChI is InChI=1S/C25H29ClN6O2/c1-25(8-2-9-25)34-24(33)32-16-4-5-17(32)13-18(12-16)31-10-7-19-22(28-14-29-23(19)31)30-21-6-3-15(27)11-20(21)26/h3,6-7,10-11,14,16-18H,2,4-5,8-9,12-13,27H2,1H3,(H,28,29,30)/t16-,17-/m0/s1. The van der Waals surface area contributed by atoms with Crippen LogP contribution in [0.2, 0.25) is 5.02 Å². The monoisotopic (exact) mass is 480 g/mol. The molecular formula is C25H29ClN6O2. The third-order valence-corrected chi connectivity index (χ3v) is 8.13. The van der Waals surface area contributed by atoms with Crippen molar-refractivity contribution < 1.29 is 9.53 Å². The Morgan fingerprint density at radius 1 is 1.18 bits per heavy atom. The van der Waals surface area contributed by atoms with Gasteiger partial charge in [-0.3, -0.25) is 0 Å². The van der Waals surface area contributed by atoms with E-state index < -0.39 is 0 Å². The van der Waals surface area contributed by atoms with Gasteiger partial charge in [-0.05, 0) is 76.1 Å². The summed E-state index contributed by atoms with van der Waals surface area (Å²) in [7, 11) is 0. The van der Waals surface area contributed by atoms with Crippen LogP contribution in [0.15, 0.2) is 36.8 Å². The van der Waals surface area contributed by atoms with E-state index in [4.69, 9.17) is 22.1 Å². The van der Waals surface area contributed by atoms with Crippen LogP contribution < -0.4 is 11.1 Å². The third kappa shape index (κ3) is 3.64. The molecule has 178 valence electrons. The predicted octanol–water partition coefficient (Wildman–Crippen LogP) is 5.66. The van der Waals surface area contributed by atoms with E-state index in [-0.39, 0.29) is 29.8 Å². The van der Waals surface area contributed by atoms with Crippen molar-refractivity contribution in [1.82, 2.24) is 19.4 Å². The molecule has 3 aromatic rings. The van der Waals surface area contributed by atoms with Gasteiger partial charge in [-0.15, -0.1) is 0 Å². The van der Waals surface area contributed by atoms with Crippen molar-refractivity contribution in [2.75, 3.05) is 11.1 Å². The van der Waals surface area contributed by atoms with E-state index in [1.54, 1.807) is 18.5 Å². The van der Waals surface area contributed by atoms with Crippen LogP contribution in [0.3, 0.4) is 0 Å². The Bertz CT molecular complexity index is 1240. The van der Waals surface area contributed by atoms with E-state index >= 15 is 0 Å². The average Bonchev–Trinajstić information content (AvgIpc) is 3.34. The van der Waals surface area contributed by atoms with Crippen LogP contribution in [0.4, 0.5) is 22.0 Å². The molecule has 4 heterocycles. The highest BCUT2D eigenvalue weighted by atomic mass is 35.5. The molecule has 2 aromatic heterocycles. The van der Waals surface area contributed by atoms with Crippen molar-refractivity contribution in [2.24, 2.45) is 0 Å². The zero-order chi connectivity index (χ0) is 23.4. The van der Waals surface area contributed by atoms with E-state index in [2.05, 4.69) is 33.0 Å². The number of benzene rings is 1. The number of amides is 1. The second kappa shape index (κ2) is 8.05. The number of halogens is 1. The average molecular weight is 481 g/mol. The molecule has 3 fully saturated rings. The molecule has 0 spiro atoms. The van der Waals surface area contributed by atoms with Gasteiger partial charge in [0.15, 0.2) is 0 Å². The van der Waals surface area contributed by atoms with Crippen molar-refractivity contribution in [1.29, 1.82) is 0 Å². The molecule has 2 aliphatic heterocycles. The summed E-state index contributed by atoms with van der Waals surface area (Å²) in [5, 5.41) is 4.79. The molecule has 8 nitrogen and oxygen atoms in total. The minimum absolute atomic E-state index is 0.125. The summed E-state index contributed by atoms with van der Waals surface area (Å²) in [4.78, 5) is 24.1. The van der Waals surface area contributed by atoms with E-state index in [0.717, 1.165) is 61.7 Å². The van der Waals surface area contributed by atoms with Crippen molar-refractivity contribution in [2.45, 2.75) is 75.6 Å². The maximum atomic E-state index is 13.0. The van der Waals surface area contributed by atoms with Gasteiger partial charge in [-0.1, -0.05) is 11.6 Å². The van der Waals surface area contributed by atoms with Gasteiger partial charge in [0.05, 0.1) is 16.1 Å². The molecule has 1 aromatic carbocycles. The largest absolute Gasteiger partial charge is 0.443 e. The minimum Gasteiger partial charge on any atom is -0.443 e. The van der Waals surface area contributed by atoms with Gasteiger partial charge in [0.2, 0.25) is 0 Å². The molecule has 1 saturated carbocycles. The maximum absolute atomic E-state index is 13.0. The highest BCUT2D eigenvalue weighted by Crippen LogP contribution is 2.44. The predicted molar refractivity (Wildman–Crippen MR) is 132 cm³/mol. The van der Waals surface area contributed by atoms with Crippen molar-refractivity contribution in [3.8, 4) is 0 Å². The van der Waals surface area contributed by atoms with Crippen LogP contribution in [0.5, 0.6) is 0 Å². The summed E-state index contributed by atoms with van der Waals surface area (Å²) in [5.74, 6) is 0.702. The molecule has 34 heavy (non-hydrogen) atoms. The van der Waals surface area contributed by atoms with E-state index in [9.17, 15) is 4.79 Å². The number of nitrogen functional groups attached to an aromatic ring is 1.